The van der Waals surface area contributed by atoms with Crippen LogP contribution in [-0.4, -0.2) is 19.6 Å². The maximum Gasteiger partial charge on any atom is 0.217 e. The third kappa shape index (κ3) is 3.79. The number of rotatable bonds is 4. The number of hydrogen-bond donors (Lipinski definition) is 2. The molecular weight excluding hydrogens is 223 g/mol. The fraction of sp³-hybridized carbons (Fsp3) is 0.250. The molecule has 0 fully saturated rings. The van der Waals surface area contributed by atoms with Gasteiger partial charge in [-0.1, -0.05) is 12.2 Å². The van der Waals surface area contributed by atoms with Crippen LogP contribution in [0, 0.1) is 5.82 Å². The molecule has 0 unspecified atom stereocenters. The van der Waals surface area contributed by atoms with Crippen LogP contribution >= 0.6 is 0 Å². The molecule has 0 bridgehead atoms. The summed E-state index contributed by atoms with van der Waals surface area (Å²) in [6.45, 7) is 1.77. The molecule has 3 N–H and O–H groups in total. The van der Waals surface area contributed by atoms with Crippen molar-refractivity contribution in [2.45, 2.75) is 6.92 Å². The van der Waals surface area contributed by atoms with E-state index in [0.717, 1.165) is 0 Å². The Morgan fingerprint density at radius 1 is 1.59 bits per heavy atom. The Morgan fingerprint density at radius 2 is 2.29 bits per heavy atom. The summed E-state index contributed by atoms with van der Waals surface area (Å²) >= 11 is 0. The lowest BCUT2D eigenvalue weighted by Crippen LogP contribution is -2.19. The molecule has 1 rings (SSSR count). The van der Waals surface area contributed by atoms with E-state index in [1.165, 1.54) is 26.2 Å². The van der Waals surface area contributed by atoms with Crippen molar-refractivity contribution in [2.24, 2.45) is 0 Å². The van der Waals surface area contributed by atoms with Crippen molar-refractivity contribution in [2.75, 3.05) is 19.4 Å². The van der Waals surface area contributed by atoms with Crippen LogP contribution in [0.25, 0.3) is 6.08 Å². The van der Waals surface area contributed by atoms with Gasteiger partial charge in [0.25, 0.3) is 0 Å². The minimum absolute atomic E-state index is 0.134. The van der Waals surface area contributed by atoms with Gasteiger partial charge in [0.05, 0.1) is 12.8 Å². The second-order valence-electron chi connectivity index (χ2n) is 3.46. The van der Waals surface area contributed by atoms with Gasteiger partial charge in [-0.25, -0.2) is 4.39 Å². The zero-order chi connectivity index (χ0) is 12.8. The summed E-state index contributed by atoms with van der Waals surface area (Å²) in [5, 5.41) is 2.57. The van der Waals surface area contributed by atoms with Crippen molar-refractivity contribution in [1.82, 2.24) is 5.32 Å². The summed E-state index contributed by atoms with van der Waals surface area (Å²) < 4.78 is 18.5. The molecule has 1 amide bonds. The first-order chi connectivity index (χ1) is 8.04. The molecule has 0 atom stereocenters. The number of hydrogen-bond acceptors (Lipinski definition) is 3. The summed E-state index contributed by atoms with van der Waals surface area (Å²) in [6.07, 6.45) is 3.21. The van der Waals surface area contributed by atoms with E-state index in [4.69, 9.17) is 10.5 Å². The number of methoxy groups -OCH3 is 1. The van der Waals surface area contributed by atoms with Crippen molar-refractivity contribution in [1.29, 1.82) is 0 Å². The van der Waals surface area contributed by atoms with Crippen molar-refractivity contribution >= 4 is 17.7 Å². The van der Waals surface area contributed by atoms with Crippen LogP contribution in [0.1, 0.15) is 12.5 Å². The number of nitrogen functional groups attached to an aromatic ring is 1. The fourth-order valence-electron chi connectivity index (χ4n) is 1.28. The van der Waals surface area contributed by atoms with Crippen LogP contribution in [-0.2, 0) is 4.79 Å². The minimum Gasteiger partial charge on any atom is -0.495 e. The van der Waals surface area contributed by atoms with Crippen LogP contribution in [0.3, 0.4) is 0 Å². The van der Waals surface area contributed by atoms with Crippen LogP contribution < -0.4 is 15.8 Å². The van der Waals surface area contributed by atoms with Crippen LogP contribution in [0.5, 0.6) is 5.75 Å². The topological polar surface area (TPSA) is 64.3 Å². The molecule has 0 aliphatic rings. The molecule has 4 nitrogen and oxygen atoms in total. The molecule has 1 aromatic rings. The summed E-state index contributed by atoms with van der Waals surface area (Å²) in [6, 6.07) is 2.71. The van der Waals surface area contributed by atoms with E-state index in [-0.39, 0.29) is 11.6 Å². The van der Waals surface area contributed by atoms with Crippen LogP contribution in [0.15, 0.2) is 18.2 Å². The molecule has 17 heavy (non-hydrogen) atoms. The zero-order valence-corrected chi connectivity index (χ0v) is 9.79. The summed E-state index contributed by atoms with van der Waals surface area (Å²) in [7, 11) is 1.47. The molecule has 0 saturated heterocycles. The Kier molecular flexibility index (Phi) is 4.51. The highest BCUT2D eigenvalue weighted by atomic mass is 19.1. The smallest absolute Gasteiger partial charge is 0.217 e. The number of nitrogens with one attached hydrogen (secondary N) is 1. The summed E-state index contributed by atoms with van der Waals surface area (Å²) in [4.78, 5) is 10.6. The Morgan fingerprint density at radius 3 is 2.88 bits per heavy atom. The minimum atomic E-state index is -0.428. The third-order valence-corrected chi connectivity index (χ3v) is 2.12. The molecular formula is C12H15FN2O2. The van der Waals surface area contributed by atoms with Crippen molar-refractivity contribution < 1.29 is 13.9 Å². The number of benzene rings is 1. The largest absolute Gasteiger partial charge is 0.495 e. The van der Waals surface area contributed by atoms with Crippen LogP contribution in [0.4, 0.5) is 10.1 Å². The van der Waals surface area contributed by atoms with Gasteiger partial charge < -0.3 is 15.8 Å². The first-order valence-corrected chi connectivity index (χ1v) is 5.08. The molecule has 0 aliphatic heterocycles. The average molecular weight is 238 g/mol. The lowest BCUT2D eigenvalue weighted by Gasteiger charge is -2.06. The maximum atomic E-state index is 13.5. The van der Waals surface area contributed by atoms with Gasteiger partial charge in [0, 0.05) is 25.1 Å². The van der Waals surface area contributed by atoms with E-state index in [2.05, 4.69) is 5.32 Å². The average Bonchev–Trinajstić information content (AvgIpc) is 2.26. The molecule has 92 valence electrons. The van der Waals surface area contributed by atoms with Gasteiger partial charge in [0.1, 0.15) is 11.6 Å². The van der Waals surface area contributed by atoms with Crippen molar-refractivity contribution in [3.8, 4) is 5.75 Å². The van der Waals surface area contributed by atoms with Gasteiger partial charge in [-0.2, -0.15) is 0 Å². The number of nitrogens with two attached hydrogens (primary N) is 1. The van der Waals surface area contributed by atoms with E-state index >= 15 is 0 Å². The Balaban J connectivity index is 2.80. The fourth-order valence-corrected chi connectivity index (χ4v) is 1.28. The summed E-state index contributed by atoms with van der Waals surface area (Å²) in [5.41, 5.74) is 6.17. The lowest BCUT2D eigenvalue weighted by atomic mass is 10.1. The van der Waals surface area contributed by atoms with Crippen molar-refractivity contribution in [3.05, 3.63) is 29.6 Å². The highest BCUT2D eigenvalue weighted by molar-refractivity contribution is 5.73. The van der Waals surface area contributed by atoms with E-state index in [0.29, 0.717) is 17.9 Å². The molecule has 0 radical (unpaired) electrons. The quantitative estimate of drug-likeness (QED) is 0.782. The SMILES string of the molecule is COc1cc(C=CCNC(C)=O)c(F)cc1N. The van der Waals surface area contributed by atoms with Gasteiger partial charge in [0.15, 0.2) is 0 Å². The zero-order valence-electron chi connectivity index (χ0n) is 9.79. The Bertz CT molecular complexity index is 444. The second-order valence-corrected chi connectivity index (χ2v) is 3.46. The van der Waals surface area contributed by atoms with Gasteiger partial charge >= 0.3 is 0 Å². The standard InChI is InChI=1S/C12H15FN2O2/c1-8(16)15-5-3-4-9-6-12(17-2)11(14)7-10(9)13/h3-4,6-7H,5,14H2,1-2H3,(H,15,16). The number of carbonyl (C=O) groups excluding carboxylic acids is 1. The molecule has 0 aliphatic carbocycles. The maximum absolute atomic E-state index is 13.5. The monoisotopic (exact) mass is 238 g/mol. The lowest BCUT2D eigenvalue weighted by molar-refractivity contribution is -0.118. The molecule has 0 spiro atoms. The Hall–Kier alpha value is -2.04. The summed E-state index contributed by atoms with van der Waals surface area (Å²) in [5.74, 6) is -0.141. The predicted molar refractivity (Wildman–Crippen MR) is 65.1 cm³/mol. The molecule has 1 aromatic carbocycles. The van der Waals surface area contributed by atoms with E-state index in [1.54, 1.807) is 12.2 Å². The number of ether oxygens (including phenoxy) is 1. The predicted octanol–water partition coefficient (Wildman–Crippen LogP) is 1.57. The van der Waals surface area contributed by atoms with E-state index in [1.807, 2.05) is 0 Å². The Labute approximate surface area is 99.3 Å². The van der Waals surface area contributed by atoms with Gasteiger partial charge in [0.2, 0.25) is 5.91 Å². The number of amides is 1. The normalized spacial score (nSPS) is 10.5. The number of halogens is 1. The van der Waals surface area contributed by atoms with E-state index < -0.39 is 5.82 Å². The first-order valence-electron chi connectivity index (χ1n) is 5.08. The van der Waals surface area contributed by atoms with E-state index in [9.17, 15) is 9.18 Å². The second kappa shape index (κ2) is 5.89. The van der Waals surface area contributed by atoms with Gasteiger partial charge in [-0.05, 0) is 6.07 Å². The van der Waals surface area contributed by atoms with Crippen molar-refractivity contribution in [3.63, 3.8) is 0 Å². The number of carbonyl (C=O) groups is 1. The van der Waals surface area contributed by atoms with Gasteiger partial charge in [-0.3, -0.25) is 4.79 Å². The van der Waals surface area contributed by atoms with Gasteiger partial charge in [-0.15, -0.1) is 0 Å². The first kappa shape index (κ1) is 13.0. The molecule has 0 saturated carbocycles. The number of anilines is 1. The molecule has 0 heterocycles. The molecule has 0 aromatic heterocycles. The highest BCUT2D eigenvalue weighted by Gasteiger charge is 2.05. The van der Waals surface area contributed by atoms with Crippen LogP contribution in [0.2, 0.25) is 0 Å². The third-order valence-electron chi connectivity index (χ3n) is 2.12. The highest BCUT2D eigenvalue weighted by Crippen LogP contribution is 2.25. The molecule has 5 heteroatoms.